The minimum absolute atomic E-state index is 0. The number of ether oxygens (including phenoxy) is 1. The maximum absolute atomic E-state index is 11.1. The molecular weight excluding hydrogens is 590 g/mol. The van der Waals surface area contributed by atoms with Gasteiger partial charge in [0.25, 0.3) is 0 Å². The highest BCUT2D eigenvalue weighted by molar-refractivity contribution is 6.04. The van der Waals surface area contributed by atoms with Gasteiger partial charge in [-0.2, -0.15) is 8.78 Å². The summed E-state index contributed by atoms with van der Waals surface area (Å²) in [5.41, 5.74) is 0. The summed E-state index contributed by atoms with van der Waals surface area (Å²) in [6.45, 7) is 3.01. The van der Waals surface area contributed by atoms with Gasteiger partial charge in [0.2, 0.25) is 0 Å². The van der Waals surface area contributed by atoms with E-state index in [0.717, 1.165) is 68.6 Å². The number of alkyl halides is 2. The Morgan fingerprint density at radius 3 is 1.49 bits per heavy atom. The minimum atomic E-state index is -2.99. The van der Waals surface area contributed by atoms with E-state index >= 15 is 0 Å². The first-order chi connectivity index (χ1) is 19.0. The second-order valence-corrected chi connectivity index (χ2v) is 11.7. The number of fused-ring (bicyclic) bond motifs is 3. The third kappa shape index (κ3) is 17.4. The van der Waals surface area contributed by atoms with Gasteiger partial charge in [0.05, 0.1) is 24.7 Å². The quantitative estimate of drug-likeness (QED) is 0.110. The maximum Gasteiger partial charge on any atom is 0.373 e. The Hall–Kier alpha value is -2.12. The van der Waals surface area contributed by atoms with Crippen molar-refractivity contribution < 1.29 is 48.4 Å². The van der Waals surface area contributed by atoms with Gasteiger partial charge >= 0.3 is 12.4 Å². The number of halogens is 2. The smallest absolute Gasteiger partial charge is 0.373 e. The van der Waals surface area contributed by atoms with Crippen LogP contribution in [-0.2, 0) is 23.9 Å². The number of Topliss-reactive ketones (excluding diaryl/α,β-unsaturated/α-hetero) is 3. The predicted octanol–water partition coefficient (Wildman–Crippen LogP) is 4.61. The Morgan fingerprint density at radius 2 is 1.29 bits per heavy atom. The van der Waals surface area contributed by atoms with Crippen LogP contribution in [0.5, 0.6) is 0 Å². The van der Waals surface area contributed by atoms with E-state index in [1.165, 1.54) is 26.7 Å². The summed E-state index contributed by atoms with van der Waals surface area (Å²) in [7, 11) is 0. The summed E-state index contributed by atoms with van der Waals surface area (Å²) >= 11 is 0. The van der Waals surface area contributed by atoms with Crippen molar-refractivity contribution in [1.82, 2.24) is 0 Å². The highest BCUT2D eigenvalue weighted by Crippen LogP contribution is 2.54. The molecule has 0 radical (unpaired) electrons. The summed E-state index contributed by atoms with van der Waals surface area (Å²) < 4.78 is 26.2. The van der Waals surface area contributed by atoms with Crippen molar-refractivity contribution in [2.75, 3.05) is 6.61 Å². The first-order valence-corrected chi connectivity index (χ1v) is 14.3. The van der Waals surface area contributed by atoms with Crippen LogP contribution in [0.4, 0.5) is 8.78 Å². The number of rotatable bonds is 3. The van der Waals surface area contributed by atoms with Crippen LogP contribution < -0.4 is 11.7 Å². The van der Waals surface area contributed by atoms with Gasteiger partial charge in [-0.3, -0.25) is 26.1 Å². The number of esters is 1. The van der Waals surface area contributed by atoms with Gasteiger partial charge in [0, 0.05) is 19.3 Å². The average Bonchev–Trinajstić information content (AvgIpc) is 3.80. The molecule has 10 nitrogen and oxygen atoms in total. The molecule has 0 aromatic rings. The monoisotopic (exact) mass is 654 g/mol. The average molecular weight is 655 g/mol. The van der Waals surface area contributed by atoms with Crippen molar-refractivity contribution in [3.63, 3.8) is 0 Å². The van der Waals surface area contributed by atoms with Crippen molar-refractivity contribution >= 4 is 23.3 Å². The lowest BCUT2D eigenvalue weighted by Crippen LogP contribution is -2.19. The number of aliphatic hydroxyl groups is 2. The lowest BCUT2D eigenvalue weighted by molar-refractivity contribution is -0.155. The maximum atomic E-state index is 11.1. The van der Waals surface area contributed by atoms with E-state index in [-0.39, 0.29) is 71.5 Å². The van der Waals surface area contributed by atoms with Crippen LogP contribution in [0.1, 0.15) is 108 Å². The fraction of sp³-hybridized carbons (Fsp3) is 0.818. The molecule has 7 aliphatic carbocycles. The molecule has 0 aromatic heterocycles. The van der Waals surface area contributed by atoms with Gasteiger partial charge in [-0.25, -0.2) is 4.79 Å². The number of hydrazine groups is 1. The topological polar surface area (TPSA) is 202 Å². The van der Waals surface area contributed by atoms with Gasteiger partial charge < -0.3 is 20.4 Å². The van der Waals surface area contributed by atoms with E-state index in [1.807, 2.05) is 12.2 Å². The van der Waals surface area contributed by atoms with Crippen molar-refractivity contribution in [2.24, 2.45) is 53.1 Å². The molecule has 7 unspecified atom stereocenters. The van der Waals surface area contributed by atoms with Gasteiger partial charge in [0.15, 0.2) is 0 Å². The Labute approximate surface area is 270 Å². The second kappa shape index (κ2) is 24.1. The summed E-state index contributed by atoms with van der Waals surface area (Å²) in [6.07, 6.45) is 11.3. The Balaban J connectivity index is -0.000000226. The number of carbonyl (C=O) groups excluding carboxylic acids is 4. The Kier molecular flexibility index (Phi) is 26.7. The molecule has 8 N–H and O–H groups in total. The van der Waals surface area contributed by atoms with Crippen molar-refractivity contribution in [3.8, 4) is 0 Å². The van der Waals surface area contributed by atoms with E-state index < -0.39 is 12.4 Å². The molecule has 0 aromatic carbocycles. The zero-order valence-electron chi connectivity index (χ0n) is 24.1. The van der Waals surface area contributed by atoms with Crippen LogP contribution in [0.25, 0.3) is 0 Å². The molecule has 0 heterocycles. The summed E-state index contributed by atoms with van der Waals surface area (Å²) in [5.74, 6) is 11.7. The molecule has 0 amide bonds. The first-order valence-electron chi connectivity index (χ1n) is 14.3. The molecule has 0 saturated heterocycles. The summed E-state index contributed by atoms with van der Waals surface area (Å²) in [5, 5.41) is 17.6. The van der Waals surface area contributed by atoms with Crippen molar-refractivity contribution in [1.29, 1.82) is 0 Å². The van der Waals surface area contributed by atoms with Crippen LogP contribution in [0.2, 0.25) is 0 Å². The molecule has 0 aliphatic heterocycles. The van der Waals surface area contributed by atoms with Gasteiger partial charge in [0.1, 0.15) is 17.3 Å². The summed E-state index contributed by atoms with van der Waals surface area (Å²) in [4.78, 5) is 42.2. The van der Waals surface area contributed by atoms with Crippen molar-refractivity contribution in [3.05, 3.63) is 12.2 Å². The van der Waals surface area contributed by atoms with Crippen LogP contribution >= 0.6 is 0 Å². The summed E-state index contributed by atoms with van der Waals surface area (Å²) in [6, 6.07) is 0. The molecule has 12 heteroatoms. The third-order valence-corrected chi connectivity index (χ3v) is 8.37. The highest BCUT2D eigenvalue weighted by Gasteiger charge is 2.54. The first kappa shape index (κ1) is 49.8. The van der Waals surface area contributed by atoms with Crippen LogP contribution in [0.3, 0.4) is 0 Å². The fourth-order valence-corrected chi connectivity index (χ4v) is 6.04. The molecule has 7 rings (SSSR count). The number of carbonyl (C=O) groups is 4. The van der Waals surface area contributed by atoms with E-state index in [9.17, 15) is 28.0 Å². The van der Waals surface area contributed by atoms with Crippen molar-refractivity contribution in [2.45, 2.75) is 126 Å². The molecule has 0 spiro atoms. The molecule has 45 heavy (non-hydrogen) atoms. The molecule has 6 saturated carbocycles. The Bertz CT molecular complexity index is 874. The van der Waals surface area contributed by atoms with Crippen LogP contribution in [0, 0.1) is 41.4 Å². The fourth-order valence-electron chi connectivity index (χ4n) is 6.04. The number of hydrogen-bond donors (Lipinski definition) is 4. The van der Waals surface area contributed by atoms with E-state index in [0.29, 0.717) is 24.0 Å². The predicted molar refractivity (Wildman–Crippen MR) is 174 cm³/mol. The van der Waals surface area contributed by atoms with Crippen LogP contribution in [0.15, 0.2) is 12.2 Å². The second-order valence-electron chi connectivity index (χ2n) is 11.7. The molecule has 6 fully saturated rings. The minimum Gasteiger partial charge on any atom is -0.462 e. The van der Waals surface area contributed by atoms with E-state index in [2.05, 4.69) is 16.4 Å². The standard InChI is InChI=1S/C8H10O2.C6H10O.C6H8O.C5H8O.C4H6F2O2.4CH4.H4N2.H2O/c1-4(9)8-6-2-5(6)3-7(8)10;2*7-6-2-4-1-5(4)3-6;6-5-3-1-2-4-5;1-2-8-4(7)3(5)6;;;;;1-2;/h5-6,8H,2-3H2,1H3;4-7H,1-3H2;4-5H,1-3H2;1-2,5-6H,3-4H2;3H,2H2,1H3;4*1H4;1-2H2;1H2. The van der Waals surface area contributed by atoms with E-state index in [4.69, 9.17) is 10.2 Å². The lowest BCUT2D eigenvalue weighted by Gasteiger charge is -2.03. The molecule has 0 bridgehead atoms. The largest absolute Gasteiger partial charge is 0.462 e. The van der Waals surface area contributed by atoms with Gasteiger partial charge in [-0.05, 0) is 94.3 Å². The number of aliphatic hydroxyl groups excluding tert-OH is 2. The number of hydrogen-bond acceptors (Lipinski definition) is 9. The van der Waals surface area contributed by atoms with E-state index in [1.54, 1.807) is 0 Å². The number of ketones is 3. The molecule has 7 aliphatic rings. The van der Waals surface area contributed by atoms with Crippen LogP contribution in [-0.4, -0.2) is 64.2 Å². The third-order valence-electron chi connectivity index (χ3n) is 8.37. The highest BCUT2D eigenvalue weighted by atomic mass is 19.3. The van der Waals surface area contributed by atoms with Gasteiger partial charge in [-0.1, -0.05) is 41.9 Å². The zero-order chi connectivity index (χ0) is 30.0. The molecule has 7 atom stereocenters. The zero-order valence-corrected chi connectivity index (χ0v) is 24.1. The number of nitrogens with two attached hydrogens (primary N) is 2. The lowest BCUT2D eigenvalue weighted by atomic mass is 9.98. The molecule has 268 valence electrons. The molecular formula is C33H64F2N2O8. The van der Waals surface area contributed by atoms with Gasteiger partial charge in [-0.15, -0.1) is 0 Å². The Morgan fingerprint density at radius 1 is 0.822 bits per heavy atom. The normalized spacial score (nSPS) is 30.6. The SMILES string of the molecule is C.C.C.C.CC(=O)C1C(=O)CC2CC21.CCOC(=O)C(F)F.NN.O.O=C1CC2CC2C1.OC1CC2CC2C1.OC1CC=CC1.